The number of nitrogens with zero attached hydrogens (tertiary/aromatic N) is 2. The van der Waals surface area contributed by atoms with Crippen LogP contribution in [0.1, 0.15) is 37.8 Å². The van der Waals surface area contributed by atoms with Gasteiger partial charge in [0.25, 0.3) is 0 Å². The number of hydrogen-bond acceptors (Lipinski definition) is 2. The van der Waals surface area contributed by atoms with Crippen molar-refractivity contribution in [2.45, 2.75) is 32.2 Å². The maximum Gasteiger partial charge on any atom is 0.0926 e. The molecule has 1 aromatic heterocycles. The van der Waals surface area contributed by atoms with Gasteiger partial charge in [-0.1, -0.05) is 26.0 Å². The van der Waals surface area contributed by atoms with Crippen molar-refractivity contribution in [3.8, 4) is 0 Å². The predicted octanol–water partition coefficient (Wildman–Crippen LogP) is 3.12. The van der Waals surface area contributed by atoms with Gasteiger partial charge in [0.1, 0.15) is 0 Å². The molecule has 90 valence electrons. The van der Waals surface area contributed by atoms with Crippen molar-refractivity contribution in [1.82, 2.24) is 9.78 Å². The van der Waals surface area contributed by atoms with E-state index >= 15 is 0 Å². The molecular weight excluding hydrogens is 212 g/mol. The summed E-state index contributed by atoms with van der Waals surface area (Å²) in [5.74, 6) is 0.555. The van der Waals surface area contributed by atoms with Crippen molar-refractivity contribution in [3.05, 3.63) is 30.0 Å². The van der Waals surface area contributed by atoms with E-state index in [2.05, 4.69) is 48.0 Å². The van der Waals surface area contributed by atoms with Gasteiger partial charge in [0, 0.05) is 18.2 Å². The lowest BCUT2D eigenvalue weighted by atomic mass is 10.0. The second kappa shape index (κ2) is 4.15. The molecule has 0 amide bonds. The SMILES string of the molecule is CC(C)c1ccc2cn(C3CCOC3)nc2c1. The second-order valence-corrected chi connectivity index (χ2v) is 5.10. The average molecular weight is 230 g/mol. The molecule has 17 heavy (non-hydrogen) atoms. The minimum absolute atomic E-state index is 0.421. The summed E-state index contributed by atoms with van der Waals surface area (Å²) in [4.78, 5) is 0. The molecule has 1 saturated heterocycles. The summed E-state index contributed by atoms with van der Waals surface area (Å²) in [5, 5.41) is 5.90. The van der Waals surface area contributed by atoms with E-state index in [1.54, 1.807) is 0 Å². The number of hydrogen-bond donors (Lipinski definition) is 0. The van der Waals surface area contributed by atoms with E-state index in [1.807, 2.05) is 0 Å². The molecule has 1 aromatic carbocycles. The largest absolute Gasteiger partial charge is 0.379 e. The average Bonchev–Trinajstić information content (AvgIpc) is 2.96. The molecule has 3 heteroatoms. The zero-order valence-electron chi connectivity index (χ0n) is 10.4. The summed E-state index contributed by atoms with van der Waals surface area (Å²) >= 11 is 0. The van der Waals surface area contributed by atoms with Crippen LogP contribution in [0.25, 0.3) is 10.9 Å². The van der Waals surface area contributed by atoms with E-state index in [0.29, 0.717) is 12.0 Å². The Morgan fingerprint density at radius 3 is 3.00 bits per heavy atom. The number of rotatable bonds is 2. The summed E-state index contributed by atoms with van der Waals surface area (Å²) < 4.78 is 7.48. The molecule has 3 nitrogen and oxygen atoms in total. The van der Waals surface area contributed by atoms with Crippen LogP contribution >= 0.6 is 0 Å². The van der Waals surface area contributed by atoms with Gasteiger partial charge in [-0.25, -0.2) is 0 Å². The molecule has 1 aliphatic rings. The van der Waals surface area contributed by atoms with Gasteiger partial charge >= 0.3 is 0 Å². The Labute approximate surface area is 101 Å². The van der Waals surface area contributed by atoms with Gasteiger partial charge in [-0.2, -0.15) is 5.10 Å². The molecule has 0 bridgehead atoms. The lowest BCUT2D eigenvalue weighted by Gasteiger charge is -2.06. The molecule has 0 radical (unpaired) electrons. The van der Waals surface area contributed by atoms with E-state index in [4.69, 9.17) is 4.74 Å². The second-order valence-electron chi connectivity index (χ2n) is 5.10. The molecule has 1 fully saturated rings. The van der Waals surface area contributed by atoms with Crippen LogP contribution in [0.3, 0.4) is 0 Å². The Hall–Kier alpha value is -1.35. The minimum Gasteiger partial charge on any atom is -0.379 e. The Kier molecular flexibility index (Phi) is 2.63. The highest BCUT2D eigenvalue weighted by molar-refractivity contribution is 5.78. The first-order valence-corrected chi connectivity index (χ1v) is 6.30. The Balaban J connectivity index is 2.00. The number of benzene rings is 1. The lowest BCUT2D eigenvalue weighted by Crippen LogP contribution is -2.08. The van der Waals surface area contributed by atoms with Crippen LogP contribution in [-0.2, 0) is 4.74 Å². The Morgan fingerprint density at radius 1 is 1.41 bits per heavy atom. The first-order chi connectivity index (χ1) is 8.24. The molecule has 0 N–H and O–H groups in total. The van der Waals surface area contributed by atoms with Crippen LogP contribution in [-0.4, -0.2) is 23.0 Å². The zero-order chi connectivity index (χ0) is 11.8. The molecule has 0 aliphatic carbocycles. The third-order valence-corrected chi connectivity index (χ3v) is 3.50. The van der Waals surface area contributed by atoms with Crippen molar-refractivity contribution in [2.75, 3.05) is 13.2 Å². The predicted molar refractivity (Wildman–Crippen MR) is 68.3 cm³/mol. The maximum atomic E-state index is 5.41. The fourth-order valence-corrected chi connectivity index (χ4v) is 2.33. The Morgan fingerprint density at radius 2 is 2.29 bits per heavy atom. The summed E-state index contributed by atoms with van der Waals surface area (Å²) in [6.07, 6.45) is 3.21. The Bertz CT molecular complexity index is 524. The van der Waals surface area contributed by atoms with Gasteiger partial charge in [0.05, 0.1) is 18.2 Å². The van der Waals surface area contributed by atoms with Gasteiger partial charge in [-0.3, -0.25) is 4.68 Å². The van der Waals surface area contributed by atoms with E-state index < -0.39 is 0 Å². The van der Waals surface area contributed by atoms with E-state index in [-0.39, 0.29) is 0 Å². The molecule has 0 saturated carbocycles. The van der Waals surface area contributed by atoms with Crippen LogP contribution in [0.4, 0.5) is 0 Å². The molecule has 1 atom stereocenters. The van der Waals surface area contributed by atoms with Crippen molar-refractivity contribution >= 4 is 10.9 Å². The molecule has 1 aliphatic heterocycles. The molecular formula is C14H18N2O. The molecule has 0 spiro atoms. The topological polar surface area (TPSA) is 27.1 Å². The highest BCUT2D eigenvalue weighted by Crippen LogP contribution is 2.24. The monoisotopic (exact) mass is 230 g/mol. The number of fused-ring (bicyclic) bond motifs is 1. The quantitative estimate of drug-likeness (QED) is 0.792. The maximum absolute atomic E-state index is 5.41. The van der Waals surface area contributed by atoms with Crippen molar-refractivity contribution in [3.63, 3.8) is 0 Å². The highest BCUT2D eigenvalue weighted by atomic mass is 16.5. The van der Waals surface area contributed by atoms with Crippen LogP contribution in [0.5, 0.6) is 0 Å². The molecule has 3 rings (SSSR count). The highest BCUT2D eigenvalue weighted by Gasteiger charge is 2.18. The van der Waals surface area contributed by atoms with Crippen LogP contribution < -0.4 is 0 Å². The first kappa shape index (κ1) is 10.8. The molecule has 1 unspecified atom stereocenters. The minimum atomic E-state index is 0.421. The summed E-state index contributed by atoms with van der Waals surface area (Å²) in [6, 6.07) is 6.99. The van der Waals surface area contributed by atoms with Crippen molar-refractivity contribution in [2.24, 2.45) is 0 Å². The van der Waals surface area contributed by atoms with Gasteiger partial charge < -0.3 is 4.74 Å². The summed E-state index contributed by atoms with van der Waals surface area (Å²) in [7, 11) is 0. The fraction of sp³-hybridized carbons (Fsp3) is 0.500. The van der Waals surface area contributed by atoms with E-state index in [9.17, 15) is 0 Å². The summed E-state index contributed by atoms with van der Waals surface area (Å²) in [5.41, 5.74) is 2.45. The fourth-order valence-electron chi connectivity index (χ4n) is 2.33. The van der Waals surface area contributed by atoms with E-state index in [1.165, 1.54) is 10.9 Å². The standard InChI is InChI=1S/C14H18N2O/c1-10(2)11-3-4-12-8-16(15-14(12)7-11)13-5-6-17-9-13/h3-4,7-8,10,13H,5-6,9H2,1-2H3. The van der Waals surface area contributed by atoms with Crippen LogP contribution in [0.15, 0.2) is 24.4 Å². The van der Waals surface area contributed by atoms with Crippen molar-refractivity contribution in [1.29, 1.82) is 0 Å². The molecule has 2 heterocycles. The van der Waals surface area contributed by atoms with Gasteiger partial charge in [0.15, 0.2) is 0 Å². The van der Waals surface area contributed by atoms with Crippen LogP contribution in [0, 0.1) is 0 Å². The van der Waals surface area contributed by atoms with Gasteiger partial charge in [-0.15, -0.1) is 0 Å². The van der Waals surface area contributed by atoms with E-state index in [0.717, 1.165) is 25.2 Å². The summed E-state index contributed by atoms with van der Waals surface area (Å²) in [6.45, 7) is 6.08. The molecule has 2 aromatic rings. The zero-order valence-corrected chi connectivity index (χ0v) is 10.4. The number of ether oxygens (including phenoxy) is 1. The third-order valence-electron chi connectivity index (χ3n) is 3.50. The van der Waals surface area contributed by atoms with Gasteiger partial charge in [-0.05, 0) is 24.0 Å². The normalized spacial score (nSPS) is 20.5. The van der Waals surface area contributed by atoms with Gasteiger partial charge in [0.2, 0.25) is 0 Å². The number of aromatic nitrogens is 2. The van der Waals surface area contributed by atoms with Crippen LogP contribution in [0.2, 0.25) is 0 Å². The lowest BCUT2D eigenvalue weighted by molar-refractivity contribution is 0.184. The van der Waals surface area contributed by atoms with Crippen molar-refractivity contribution < 1.29 is 4.74 Å². The smallest absolute Gasteiger partial charge is 0.0926 e. The first-order valence-electron chi connectivity index (χ1n) is 6.30. The third kappa shape index (κ3) is 1.95.